The molecule has 0 fully saturated rings. The van der Waals surface area contributed by atoms with E-state index in [0.717, 1.165) is 13.2 Å². The molecule has 0 bridgehead atoms. The van der Waals surface area contributed by atoms with Gasteiger partial charge < -0.3 is 4.74 Å². The molecular formula is C19H36O. The Balaban J connectivity index is 2.06. The zero-order valence-corrected chi connectivity index (χ0v) is 13.6. The molecule has 1 nitrogen and oxygen atoms in total. The molecule has 0 spiro atoms. The van der Waals surface area contributed by atoms with E-state index >= 15 is 0 Å². The van der Waals surface area contributed by atoms with Crippen molar-refractivity contribution in [1.82, 2.24) is 0 Å². The van der Waals surface area contributed by atoms with Gasteiger partial charge in [0, 0.05) is 6.61 Å². The van der Waals surface area contributed by atoms with Gasteiger partial charge in [-0.05, 0) is 19.3 Å². The van der Waals surface area contributed by atoms with Crippen molar-refractivity contribution in [3.63, 3.8) is 0 Å². The van der Waals surface area contributed by atoms with Gasteiger partial charge in [0.2, 0.25) is 0 Å². The first-order valence-electron chi connectivity index (χ1n) is 9.23. The van der Waals surface area contributed by atoms with Gasteiger partial charge >= 0.3 is 0 Å². The molecule has 118 valence electrons. The summed E-state index contributed by atoms with van der Waals surface area (Å²) in [6, 6.07) is 0. The van der Waals surface area contributed by atoms with Crippen LogP contribution in [0, 0.1) is 0 Å². The molecular weight excluding hydrogens is 244 g/mol. The predicted octanol–water partition coefficient (Wildman–Crippen LogP) is 6.42. The Labute approximate surface area is 127 Å². The zero-order valence-electron chi connectivity index (χ0n) is 13.6. The van der Waals surface area contributed by atoms with Crippen LogP contribution in [-0.2, 0) is 4.74 Å². The summed E-state index contributed by atoms with van der Waals surface area (Å²) in [5.74, 6) is 0. The van der Waals surface area contributed by atoms with Crippen molar-refractivity contribution in [2.75, 3.05) is 13.2 Å². The van der Waals surface area contributed by atoms with Crippen molar-refractivity contribution in [3.8, 4) is 0 Å². The van der Waals surface area contributed by atoms with E-state index < -0.39 is 0 Å². The summed E-state index contributed by atoms with van der Waals surface area (Å²) >= 11 is 0. The molecule has 0 radical (unpaired) electrons. The maximum atomic E-state index is 5.63. The molecule has 1 aliphatic rings. The van der Waals surface area contributed by atoms with Gasteiger partial charge in [-0.1, -0.05) is 89.2 Å². The van der Waals surface area contributed by atoms with Crippen LogP contribution in [0.5, 0.6) is 0 Å². The van der Waals surface area contributed by atoms with Crippen molar-refractivity contribution in [2.24, 2.45) is 0 Å². The third-order valence-corrected chi connectivity index (χ3v) is 4.29. The van der Waals surface area contributed by atoms with Gasteiger partial charge in [0.05, 0.1) is 6.61 Å². The van der Waals surface area contributed by atoms with Gasteiger partial charge in [-0.2, -0.15) is 0 Å². The van der Waals surface area contributed by atoms with Crippen LogP contribution in [0.1, 0.15) is 96.3 Å². The number of ether oxygens (including phenoxy) is 1. The molecule has 0 N–H and O–H groups in total. The maximum Gasteiger partial charge on any atom is 0.0647 e. The smallest absolute Gasteiger partial charge is 0.0647 e. The molecule has 0 amide bonds. The van der Waals surface area contributed by atoms with Gasteiger partial charge in [-0.3, -0.25) is 0 Å². The highest BCUT2D eigenvalue weighted by Gasteiger charge is 1.95. The van der Waals surface area contributed by atoms with E-state index in [2.05, 4.69) is 12.2 Å². The fourth-order valence-electron chi connectivity index (χ4n) is 2.92. The Morgan fingerprint density at radius 2 is 0.900 bits per heavy atom. The highest BCUT2D eigenvalue weighted by atomic mass is 16.5. The monoisotopic (exact) mass is 280 g/mol. The number of allylic oxidation sites excluding steroid dienone is 1. The second kappa shape index (κ2) is 15.1. The Bertz CT molecular complexity index is 188. The van der Waals surface area contributed by atoms with Crippen molar-refractivity contribution < 1.29 is 4.74 Å². The molecule has 20 heavy (non-hydrogen) atoms. The van der Waals surface area contributed by atoms with Crippen LogP contribution in [-0.4, -0.2) is 13.2 Å². The highest BCUT2D eigenvalue weighted by molar-refractivity contribution is 4.81. The van der Waals surface area contributed by atoms with Crippen molar-refractivity contribution in [2.45, 2.75) is 96.3 Å². The van der Waals surface area contributed by atoms with Crippen LogP contribution in [0.2, 0.25) is 0 Å². The summed E-state index contributed by atoms with van der Waals surface area (Å²) in [6.45, 7) is 1.77. The van der Waals surface area contributed by atoms with Gasteiger partial charge in [-0.15, -0.1) is 0 Å². The quantitative estimate of drug-likeness (QED) is 0.465. The fraction of sp³-hybridized carbons (Fsp3) is 0.895. The van der Waals surface area contributed by atoms with E-state index in [1.54, 1.807) is 0 Å². The summed E-state index contributed by atoms with van der Waals surface area (Å²) in [4.78, 5) is 0. The van der Waals surface area contributed by atoms with Crippen LogP contribution in [0.25, 0.3) is 0 Å². The van der Waals surface area contributed by atoms with Gasteiger partial charge in [0.1, 0.15) is 0 Å². The Kier molecular flexibility index (Phi) is 13.4. The zero-order chi connectivity index (χ0) is 14.1. The predicted molar refractivity (Wildman–Crippen MR) is 89.2 cm³/mol. The first-order valence-corrected chi connectivity index (χ1v) is 9.23. The minimum absolute atomic E-state index is 0.819. The Morgan fingerprint density at radius 1 is 0.450 bits per heavy atom. The van der Waals surface area contributed by atoms with E-state index in [1.807, 2.05) is 0 Å². The lowest BCUT2D eigenvalue weighted by Gasteiger charge is -2.04. The molecule has 1 heteroatoms. The third kappa shape index (κ3) is 12.7. The maximum absolute atomic E-state index is 5.63. The minimum atomic E-state index is 0.819. The number of rotatable bonds is 0. The van der Waals surface area contributed by atoms with E-state index in [0.29, 0.717) is 0 Å². The van der Waals surface area contributed by atoms with Crippen LogP contribution in [0.15, 0.2) is 12.2 Å². The lowest BCUT2D eigenvalue weighted by molar-refractivity contribution is 0.157. The van der Waals surface area contributed by atoms with Crippen LogP contribution >= 0.6 is 0 Å². The normalized spacial score (nSPS) is 24.8. The molecule has 0 aromatic rings. The third-order valence-electron chi connectivity index (χ3n) is 4.29. The summed E-state index contributed by atoms with van der Waals surface area (Å²) in [6.07, 6.45) is 25.6. The number of hydrogen-bond donors (Lipinski definition) is 0. The molecule has 1 heterocycles. The average Bonchev–Trinajstić information content (AvgIpc) is 2.46. The molecule has 0 aromatic carbocycles. The lowest BCUT2D eigenvalue weighted by Crippen LogP contribution is -1.94. The summed E-state index contributed by atoms with van der Waals surface area (Å²) in [5, 5.41) is 0. The summed E-state index contributed by atoms with van der Waals surface area (Å²) in [5.41, 5.74) is 0. The topological polar surface area (TPSA) is 9.23 Å². The van der Waals surface area contributed by atoms with Gasteiger partial charge in [-0.25, -0.2) is 0 Å². The van der Waals surface area contributed by atoms with Crippen molar-refractivity contribution >= 4 is 0 Å². The fourth-order valence-corrected chi connectivity index (χ4v) is 2.92. The largest absolute Gasteiger partial charge is 0.377 e. The van der Waals surface area contributed by atoms with E-state index in [9.17, 15) is 0 Å². The van der Waals surface area contributed by atoms with E-state index in [-0.39, 0.29) is 0 Å². The molecule has 0 saturated carbocycles. The first kappa shape index (κ1) is 17.8. The van der Waals surface area contributed by atoms with Crippen LogP contribution in [0.3, 0.4) is 0 Å². The van der Waals surface area contributed by atoms with Gasteiger partial charge in [0.15, 0.2) is 0 Å². The van der Waals surface area contributed by atoms with Gasteiger partial charge in [0.25, 0.3) is 0 Å². The first-order chi connectivity index (χ1) is 10.0. The summed E-state index contributed by atoms with van der Waals surface area (Å²) < 4.78 is 5.63. The molecule has 1 rings (SSSR count). The second-order valence-electron chi connectivity index (χ2n) is 6.28. The molecule has 0 aromatic heterocycles. The standard InChI is InChI=1S/C19H36O/c1-2-4-6-8-10-12-14-16-18-20-19-17-15-13-11-9-7-5-3-1/h14,16H,1-13,15,17-19H2/b16-14+. The SMILES string of the molecule is C1=C/COCCCCCCCCCCCCCCCC/1. The number of hydrogen-bond acceptors (Lipinski definition) is 1. The molecule has 0 saturated heterocycles. The molecule has 0 atom stereocenters. The van der Waals surface area contributed by atoms with Crippen molar-refractivity contribution in [1.29, 1.82) is 0 Å². The van der Waals surface area contributed by atoms with E-state index in [1.165, 1.54) is 96.3 Å². The Hall–Kier alpha value is -0.300. The molecule has 0 unspecified atom stereocenters. The highest BCUT2D eigenvalue weighted by Crippen LogP contribution is 2.13. The van der Waals surface area contributed by atoms with Crippen molar-refractivity contribution in [3.05, 3.63) is 12.2 Å². The minimum Gasteiger partial charge on any atom is -0.377 e. The lowest BCUT2D eigenvalue weighted by atomic mass is 10.0. The van der Waals surface area contributed by atoms with Crippen LogP contribution < -0.4 is 0 Å². The Morgan fingerprint density at radius 3 is 1.45 bits per heavy atom. The molecule has 0 aliphatic carbocycles. The van der Waals surface area contributed by atoms with Crippen LogP contribution in [0.4, 0.5) is 0 Å². The summed E-state index contributed by atoms with van der Waals surface area (Å²) in [7, 11) is 0. The average molecular weight is 280 g/mol. The van der Waals surface area contributed by atoms with E-state index in [4.69, 9.17) is 4.74 Å². The molecule has 1 aliphatic heterocycles. The second-order valence-corrected chi connectivity index (χ2v) is 6.28.